The second-order valence-corrected chi connectivity index (χ2v) is 5.49. The van der Waals surface area contributed by atoms with Crippen molar-refractivity contribution in [1.82, 2.24) is 0 Å². The van der Waals surface area contributed by atoms with Gasteiger partial charge in [0.15, 0.2) is 0 Å². The highest BCUT2D eigenvalue weighted by molar-refractivity contribution is 5.42. The van der Waals surface area contributed by atoms with Gasteiger partial charge < -0.3 is 5.73 Å². The van der Waals surface area contributed by atoms with Crippen molar-refractivity contribution in [2.24, 2.45) is 5.73 Å². The molecule has 4 heteroatoms. The van der Waals surface area contributed by atoms with E-state index >= 15 is 0 Å². The molecular weight excluding hydrogens is 275 g/mol. The van der Waals surface area contributed by atoms with Crippen LogP contribution in [0.5, 0.6) is 0 Å². The molecule has 2 N–H and O–H groups in total. The van der Waals surface area contributed by atoms with Crippen LogP contribution in [0.1, 0.15) is 47.1 Å². The number of rotatable bonds is 1. The van der Waals surface area contributed by atoms with Gasteiger partial charge >= 0.3 is 6.18 Å². The number of benzene rings is 2. The fourth-order valence-electron chi connectivity index (χ4n) is 3.10. The Morgan fingerprint density at radius 1 is 0.905 bits per heavy atom. The maximum absolute atomic E-state index is 12.9. The molecule has 0 heterocycles. The predicted molar refractivity (Wildman–Crippen MR) is 75.9 cm³/mol. The van der Waals surface area contributed by atoms with E-state index in [9.17, 15) is 13.2 Å². The zero-order chi connectivity index (χ0) is 15.0. The quantitative estimate of drug-likeness (QED) is 0.814. The first-order chi connectivity index (χ1) is 9.97. The molecule has 110 valence electrons. The molecule has 0 saturated carbocycles. The second kappa shape index (κ2) is 5.19. The number of hydrogen-bond donors (Lipinski definition) is 1. The first kappa shape index (κ1) is 14.1. The molecule has 0 fully saturated rings. The molecule has 0 aromatic heterocycles. The van der Waals surface area contributed by atoms with Gasteiger partial charge in [0.1, 0.15) is 0 Å². The van der Waals surface area contributed by atoms with E-state index in [1.165, 1.54) is 12.1 Å². The van der Waals surface area contributed by atoms with Crippen LogP contribution in [-0.4, -0.2) is 0 Å². The predicted octanol–water partition coefficient (Wildman–Crippen LogP) is 4.63. The number of halogens is 3. The van der Waals surface area contributed by atoms with Gasteiger partial charge in [-0.15, -0.1) is 0 Å². The topological polar surface area (TPSA) is 26.0 Å². The first-order valence-electron chi connectivity index (χ1n) is 6.98. The summed E-state index contributed by atoms with van der Waals surface area (Å²) in [6.45, 7) is 0. The molecule has 1 aliphatic rings. The van der Waals surface area contributed by atoms with Gasteiger partial charge in [0.05, 0.1) is 5.56 Å². The highest BCUT2D eigenvalue weighted by Gasteiger charge is 2.32. The van der Waals surface area contributed by atoms with Gasteiger partial charge in [-0.25, -0.2) is 0 Å². The van der Waals surface area contributed by atoms with Crippen LogP contribution in [0.4, 0.5) is 13.2 Å². The third-order valence-electron chi connectivity index (χ3n) is 4.15. The Balaban J connectivity index is 2.04. The van der Waals surface area contributed by atoms with E-state index < -0.39 is 11.7 Å². The Hall–Kier alpha value is -1.81. The lowest BCUT2D eigenvalue weighted by Gasteiger charge is -2.30. The molecule has 1 aliphatic carbocycles. The van der Waals surface area contributed by atoms with Crippen LogP contribution in [0.2, 0.25) is 0 Å². The van der Waals surface area contributed by atoms with Gasteiger partial charge in [-0.3, -0.25) is 0 Å². The molecule has 3 rings (SSSR count). The Morgan fingerprint density at radius 3 is 2.33 bits per heavy atom. The number of alkyl halides is 3. The number of hydrogen-bond acceptors (Lipinski definition) is 1. The lowest BCUT2D eigenvalue weighted by atomic mass is 9.77. The Labute approximate surface area is 121 Å². The van der Waals surface area contributed by atoms with E-state index in [0.717, 1.165) is 30.0 Å². The van der Waals surface area contributed by atoms with E-state index in [1.54, 1.807) is 6.07 Å². The van der Waals surface area contributed by atoms with Crippen LogP contribution in [-0.2, 0) is 6.18 Å². The molecule has 0 amide bonds. The van der Waals surface area contributed by atoms with Crippen LogP contribution in [0.15, 0.2) is 48.5 Å². The average Bonchev–Trinajstić information content (AvgIpc) is 2.47. The van der Waals surface area contributed by atoms with Crippen molar-refractivity contribution in [3.05, 3.63) is 70.8 Å². The largest absolute Gasteiger partial charge is 0.416 e. The van der Waals surface area contributed by atoms with Crippen molar-refractivity contribution >= 4 is 0 Å². The Kier molecular flexibility index (Phi) is 3.49. The third-order valence-corrected chi connectivity index (χ3v) is 4.15. The van der Waals surface area contributed by atoms with Gasteiger partial charge in [-0.2, -0.15) is 13.2 Å². The van der Waals surface area contributed by atoms with Crippen LogP contribution in [0, 0.1) is 0 Å². The van der Waals surface area contributed by atoms with Gasteiger partial charge in [0, 0.05) is 12.0 Å². The third kappa shape index (κ3) is 2.68. The molecule has 2 aromatic rings. The number of nitrogens with two attached hydrogens (primary N) is 1. The first-order valence-corrected chi connectivity index (χ1v) is 6.98. The summed E-state index contributed by atoms with van der Waals surface area (Å²) in [4.78, 5) is 0. The SMILES string of the molecule is N[C@H]1CC[C@@H](c2cccc(C(F)(F)F)c2)c2ccccc21. The van der Waals surface area contributed by atoms with E-state index in [4.69, 9.17) is 5.73 Å². The molecule has 0 bridgehead atoms. The van der Waals surface area contributed by atoms with Gasteiger partial charge in [0.2, 0.25) is 0 Å². The Morgan fingerprint density at radius 2 is 1.62 bits per heavy atom. The Bertz CT molecular complexity index is 648. The highest BCUT2D eigenvalue weighted by Crippen LogP contribution is 2.41. The second-order valence-electron chi connectivity index (χ2n) is 5.49. The minimum atomic E-state index is -4.30. The molecule has 0 spiro atoms. The fourth-order valence-corrected chi connectivity index (χ4v) is 3.10. The minimum Gasteiger partial charge on any atom is -0.324 e. The lowest BCUT2D eigenvalue weighted by molar-refractivity contribution is -0.137. The fraction of sp³-hybridized carbons (Fsp3) is 0.294. The standard InChI is InChI=1S/C17H16F3N/c18-17(19,20)12-5-3-4-11(10-12)13-8-9-16(21)15-7-2-1-6-14(13)15/h1-7,10,13,16H,8-9,21H2/t13-,16-/m0/s1. The van der Waals surface area contributed by atoms with E-state index in [-0.39, 0.29) is 12.0 Å². The molecule has 0 saturated heterocycles. The van der Waals surface area contributed by atoms with Crippen molar-refractivity contribution in [1.29, 1.82) is 0 Å². The van der Waals surface area contributed by atoms with Crippen LogP contribution >= 0.6 is 0 Å². The summed E-state index contributed by atoms with van der Waals surface area (Å²) in [5, 5.41) is 0. The van der Waals surface area contributed by atoms with Crippen LogP contribution in [0.25, 0.3) is 0 Å². The van der Waals surface area contributed by atoms with Crippen LogP contribution < -0.4 is 5.73 Å². The summed E-state index contributed by atoms with van der Waals surface area (Å²) < 4.78 is 38.6. The summed E-state index contributed by atoms with van der Waals surface area (Å²) in [5.41, 5.74) is 8.33. The average molecular weight is 291 g/mol. The molecule has 0 aliphatic heterocycles. The van der Waals surface area contributed by atoms with Gasteiger partial charge in [-0.1, -0.05) is 42.5 Å². The summed E-state index contributed by atoms with van der Waals surface area (Å²) in [6, 6.07) is 13.4. The van der Waals surface area contributed by atoms with Gasteiger partial charge in [-0.05, 0) is 35.6 Å². The smallest absolute Gasteiger partial charge is 0.324 e. The summed E-state index contributed by atoms with van der Waals surface area (Å²) in [7, 11) is 0. The number of fused-ring (bicyclic) bond motifs is 1. The van der Waals surface area contributed by atoms with Crippen molar-refractivity contribution in [3.63, 3.8) is 0 Å². The lowest BCUT2D eigenvalue weighted by Crippen LogP contribution is -2.21. The molecule has 2 aromatic carbocycles. The molecule has 1 nitrogen and oxygen atoms in total. The highest BCUT2D eigenvalue weighted by atomic mass is 19.4. The molecule has 0 radical (unpaired) electrons. The molecule has 0 unspecified atom stereocenters. The van der Waals surface area contributed by atoms with Crippen molar-refractivity contribution in [2.45, 2.75) is 31.0 Å². The monoisotopic (exact) mass is 291 g/mol. The summed E-state index contributed by atoms with van der Waals surface area (Å²) in [6.07, 6.45) is -2.74. The van der Waals surface area contributed by atoms with E-state index in [0.29, 0.717) is 5.56 Å². The molecule has 21 heavy (non-hydrogen) atoms. The maximum atomic E-state index is 12.9. The minimum absolute atomic E-state index is 0.0108. The maximum Gasteiger partial charge on any atom is 0.416 e. The van der Waals surface area contributed by atoms with Crippen LogP contribution in [0.3, 0.4) is 0 Å². The van der Waals surface area contributed by atoms with Crippen molar-refractivity contribution < 1.29 is 13.2 Å². The van der Waals surface area contributed by atoms with E-state index in [2.05, 4.69) is 0 Å². The van der Waals surface area contributed by atoms with E-state index in [1.807, 2.05) is 24.3 Å². The summed E-state index contributed by atoms with van der Waals surface area (Å²) in [5.74, 6) is -0.0108. The normalized spacial score (nSPS) is 21.9. The molecular formula is C17H16F3N. The zero-order valence-electron chi connectivity index (χ0n) is 11.4. The van der Waals surface area contributed by atoms with Crippen molar-refractivity contribution in [3.8, 4) is 0 Å². The summed E-state index contributed by atoms with van der Waals surface area (Å²) >= 11 is 0. The van der Waals surface area contributed by atoms with Gasteiger partial charge in [0.25, 0.3) is 0 Å². The zero-order valence-corrected chi connectivity index (χ0v) is 11.4. The van der Waals surface area contributed by atoms with Crippen molar-refractivity contribution in [2.75, 3.05) is 0 Å². The molecule has 2 atom stereocenters.